The van der Waals surface area contributed by atoms with Gasteiger partial charge in [0.15, 0.2) is 0 Å². The molecule has 0 saturated carbocycles. The third-order valence-corrected chi connectivity index (χ3v) is 2.85. The minimum Gasteiger partial charge on any atom is -0.337 e. The van der Waals surface area contributed by atoms with Crippen LogP contribution in [0, 0.1) is 5.92 Å². The Kier molecular flexibility index (Phi) is 1.89. The third-order valence-electron chi connectivity index (χ3n) is 2.85. The quantitative estimate of drug-likeness (QED) is 0.556. The number of likely N-dealkylation sites (tertiary alicyclic amines) is 1. The molecule has 2 saturated heterocycles. The van der Waals surface area contributed by atoms with Crippen molar-refractivity contribution in [2.24, 2.45) is 5.92 Å². The van der Waals surface area contributed by atoms with Crippen LogP contribution in [0.15, 0.2) is 12.7 Å². The van der Waals surface area contributed by atoms with Crippen LogP contribution in [0.3, 0.4) is 0 Å². The number of carbonyl (C=O) groups is 1. The van der Waals surface area contributed by atoms with Gasteiger partial charge in [-0.25, -0.2) is 0 Å². The van der Waals surface area contributed by atoms with E-state index >= 15 is 0 Å². The molecule has 0 bridgehead atoms. The monoisotopic (exact) mass is 166 g/mol. The van der Waals surface area contributed by atoms with E-state index < -0.39 is 0 Å². The van der Waals surface area contributed by atoms with Crippen molar-refractivity contribution >= 4 is 5.91 Å². The molecule has 3 nitrogen and oxygen atoms in total. The fourth-order valence-electron chi connectivity index (χ4n) is 2.16. The summed E-state index contributed by atoms with van der Waals surface area (Å²) < 4.78 is 0. The average Bonchev–Trinajstić information content (AvgIpc) is 2.60. The van der Waals surface area contributed by atoms with E-state index in [1.54, 1.807) is 0 Å². The number of carbonyl (C=O) groups excluding carboxylic acids is 1. The molecule has 2 unspecified atom stereocenters. The highest BCUT2D eigenvalue weighted by atomic mass is 16.2. The van der Waals surface area contributed by atoms with Gasteiger partial charge in [0.1, 0.15) is 0 Å². The molecule has 2 rings (SSSR count). The zero-order valence-electron chi connectivity index (χ0n) is 7.12. The lowest BCUT2D eigenvalue weighted by Crippen LogP contribution is -2.32. The molecule has 0 aliphatic carbocycles. The first-order valence-corrected chi connectivity index (χ1v) is 4.46. The van der Waals surface area contributed by atoms with E-state index in [1.807, 2.05) is 4.90 Å². The van der Waals surface area contributed by atoms with Crippen LogP contribution in [0.2, 0.25) is 0 Å². The SMILES string of the molecule is C=CC(=O)N1CC2CCNC2C1. The molecule has 2 fully saturated rings. The molecule has 2 atom stereocenters. The van der Waals surface area contributed by atoms with E-state index in [0.29, 0.717) is 12.0 Å². The maximum atomic E-state index is 11.2. The zero-order valence-corrected chi connectivity index (χ0v) is 7.12. The number of hydrogen-bond acceptors (Lipinski definition) is 2. The topological polar surface area (TPSA) is 32.3 Å². The molecule has 66 valence electrons. The molecule has 0 spiro atoms. The van der Waals surface area contributed by atoms with Gasteiger partial charge in [-0.15, -0.1) is 0 Å². The molecule has 1 amide bonds. The second kappa shape index (κ2) is 2.90. The second-order valence-electron chi connectivity index (χ2n) is 3.56. The molecule has 2 aliphatic heterocycles. The van der Waals surface area contributed by atoms with Crippen LogP contribution in [-0.4, -0.2) is 36.5 Å². The van der Waals surface area contributed by atoms with E-state index in [0.717, 1.165) is 19.6 Å². The minimum atomic E-state index is 0.0752. The summed E-state index contributed by atoms with van der Waals surface area (Å²) in [5.41, 5.74) is 0. The van der Waals surface area contributed by atoms with E-state index in [-0.39, 0.29) is 5.91 Å². The van der Waals surface area contributed by atoms with E-state index in [9.17, 15) is 4.79 Å². The largest absolute Gasteiger partial charge is 0.337 e. The number of amides is 1. The van der Waals surface area contributed by atoms with Gasteiger partial charge in [-0.05, 0) is 25.0 Å². The first-order chi connectivity index (χ1) is 5.81. The molecular formula is C9H14N2O. The Labute approximate surface area is 72.4 Å². The lowest BCUT2D eigenvalue weighted by molar-refractivity contribution is -0.125. The highest BCUT2D eigenvalue weighted by Crippen LogP contribution is 2.24. The van der Waals surface area contributed by atoms with Crippen molar-refractivity contribution in [2.75, 3.05) is 19.6 Å². The fraction of sp³-hybridized carbons (Fsp3) is 0.667. The van der Waals surface area contributed by atoms with Crippen LogP contribution < -0.4 is 5.32 Å². The van der Waals surface area contributed by atoms with Crippen molar-refractivity contribution < 1.29 is 4.79 Å². The summed E-state index contributed by atoms with van der Waals surface area (Å²) in [7, 11) is 0. The Bertz CT molecular complexity index is 203. The van der Waals surface area contributed by atoms with Gasteiger partial charge < -0.3 is 10.2 Å². The Hall–Kier alpha value is -0.830. The summed E-state index contributed by atoms with van der Waals surface area (Å²) in [6.45, 7) is 6.39. The molecule has 12 heavy (non-hydrogen) atoms. The Morgan fingerprint density at radius 2 is 2.42 bits per heavy atom. The van der Waals surface area contributed by atoms with E-state index in [2.05, 4.69) is 11.9 Å². The molecule has 0 radical (unpaired) electrons. The molecule has 0 aromatic heterocycles. The van der Waals surface area contributed by atoms with E-state index in [1.165, 1.54) is 12.5 Å². The van der Waals surface area contributed by atoms with Crippen LogP contribution in [0.1, 0.15) is 6.42 Å². The lowest BCUT2D eigenvalue weighted by atomic mass is 10.1. The molecule has 3 heteroatoms. The van der Waals surface area contributed by atoms with Gasteiger partial charge in [0.2, 0.25) is 5.91 Å². The summed E-state index contributed by atoms with van der Waals surface area (Å²) in [6.07, 6.45) is 2.62. The summed E-state index contributed by atoms with van der Waals surface area (Å²) >= 11 is 0. The van der Waals surface area contributed by atoms with Crippen molar-refractivity contribution in [3.63, 3.8) is 0 Å². The van der Waals surface area contributed by atoms with Gasteiger partial charge in [-0.2, -0.15) is 0 Å². The van der Waals surface area contributed by atoms with Crippen LogP contribution in [0.25, 0.3) is 0 Å². The van der Waals surface area contributed by atoms with E-state index in [4.69, 9.17) is 0 Å². The van der Waals surface area contributed by atoms with Gasteiger partial charge in [-0.1, -0.05) is 6.58 Å². The van der Waals surface area contributed by atoms with Crippen LogP contribution in [-0.2, 0) is 4.79 Å². The maximum absolute atomic E-state index is 11.2. The van der Waals surface area contributed by atoms with Gasteiger partial charge in [0.25, 0.3) is 0 Å². The number of rotatable bonds is 1. The molecule has 2 heterocycles. The molecular weight excluding hydrogens is 152 g/mol. The standard InChI is InChI=1S/C9H14N2O/c1-2-9(12)11-5-7-3-4-10-8(7)6-11/h2,7-8,10H,1,3-6H2. The maximum Gasteiger partial charge on any atom is 0.246 e. The molecule has 0 aromatic rings. The number of fused-ring (bicyclic) bond motifs is 1. The summed E-state index contributed by atoms with van der Waals surface area (Å²) in [5, 5.41) is 3.40. The summed E-state index contributed by atoms with van der Waals surface area (Å²) in [6, 6.07) is 0.550. The summed E-state index contributed by atoms with van der Waals surface area (Å²) in [5.74, 6) is 0.764. The van der Waals surface area contributed by atoms with Crippen LogP contribution in [0.4, 0.5) is 0 Å². The average molecular weight is 166 g/mol. The number of nitrogens with zero attached hydrogens (tertiary/aromatic N) is 1. The highest BCUT2D eigenvalue weighted by Gasteiger charge is 2.36. The Balaban J connectivity index is 1.98. The van der Waals surface area contributed by atoms with Crippen molar-refractivity contribution in [1.29, 1.82) is 0 Å². The molecule has 1 N–H and O–H groups in total. The number of nitrogens with one attached hydrogen (secondary N) is 1. The predicted molar refractivity (Wildman–Crippen MR) is 46.7 cm³/mol. The van der Waals surface area contributed by atoms with Crippen molar-refractivity contribution in [2.45, 2.75) is 12.5 Å². The van der Waals surface area contributed by atoms with Crippen molar-refractivity contribution in [1.82, 2.24) is 10.2 Å². The molecule has 2 aliphatic rings. The first kappa shape index (κ1) is 7.80. The Morgan fingerprint density at radius 1 is 1.58 bits per heavy atom. The highest BCUT2D eigenvalue weighted by molar-refractivity contribution is 5.87. The summed E-state index contributed by atoms with van der Waals surface area (Å²) in [4.78, 5) is 13.1. The zero-order chi connectivity index (χ0) is 8.55. The third kappa shape index (κ3) is 1.14. The Morgan fingerprint density at radius 3 is 3.08 bits per heavy atom. The molecule has 0 aromatic carbocycles. The predicted octanol–water partition coefficient (Wildman–Crippen LogP) is -0.00730. The van der Waals surface area contributed by atoms with Crippen molar-refractivity contribution in [3.8, 4) is 0 Å². The van der Waals surface area contributed by atoms with Gasteiger partial charge in [-0.3, -0.25) is 4.79 Å². The van der Waals surface area contributed by atoms with Crippen molar-refractivity contribution in [3.05, 3.63) is 12.7 Å². The smallest absolute Gasteiger partial charge is 0.246 e. The minimum absolute atomic E-state index is 0.0752. The normalized spacial score (nSPS) is 33.5. The van der Waals surface area contributed by atoms with Gasteiger partial charge in [0.05, 0.1) is 0 Å². The van der Waals surface area contributed by atoms with Crippen LogP contribution in [0.5, 0.6) is 0 Å². The van der Waals surface area contributed by atoms with Gasteiger partial charge >= 0.3 is 0 Å². The fourth-order valence-corrected chi connectivity index (χ4v) is 2.16. The lowest BCUT2D eigenvalue weighted by Gasteiger charge is -2.14. The second-order valence-corrected chi connectivity index (χ2v) is 3.56. The van der Waals surface area contributed by atoms with Gasteiger partial charge in [0, 0.05) is 19.1 Å². The van der Waals surface area contributed by atoms with Crippen LogP contribution >= 0.6 is 0 Å². The number of hydrogen-bond donors (Lipinski definition) is 1. The first-order valence-electron chi connectivity index (χ1n) is 4.46.